The van der Waals surface area contributed by atoms with E-state index in [4.69, 9.17) is 23.2 Å². The van der Waals surface area contributed by atoms with Crippen LogP contribution in [0.3, 0.4) is 0 Å². The predicted octanol–water partition coefficient (Wildman–Crippen LogP) is 6.19. The summed E-state index contributed by atoms with van der Waals surface area (Å²) in [5.74, 6) is 0. The van der Waals surface area contributed by atoms with Crippen LogP contribution < -0.4 is 0 Å². The lowest BCUT2D eigenvalue weighted by Gasteiger charge is -2.02. The quantitative estimate of drug-likeness (QED) is 0.505. The van der Waals surface area contributed by atoms with Crippen molar-refractivity contribution >= 4 is 51.6 Å². The number of aliphatic imine (C=N–C) groups is 1. The summed E-state index contributed by atoms with van der Waals surface area (Å²) in [4.78, 5) is 10.4. The number of benzene rings is 1. The third-order valence-electron chi connectivity index (χ3n) is 3.11. The second-order valence-corrected chi connectivity index (χ2v) is 7.34. The van der Waals surface area contributed by atoms with Crippen LogP contribution in [0.15, 0.2) is 46.1 Å². The van der Waals surface area contributed by atoms with Gasteiger partial charge in [-0.05, 0) is 36.1 Å². The number of halogens is 2. The molecule has 3 aromatic rings. The van der Waals surface area contributed by atoms with Crippen LogP contribution in [0.5, 0.6) is 0 Å². The van der Waals surface area contributed by atoms with E-state index in [2.05, 4.69) is 26.8 Å². The number of hydrogen-bond donors (Lipinski definition) is 0. The molecule has 0 aliphatic carbocycles. The summed E-state index contributed by atoms with van der Waals surface area (Å²) in [5.41, 5.74) is 2.92. The fourth-order valence-electron chi connectivity index (χ4n) is 1.92. The maximum absolute atomic E-state index is 6.04. The Kier molecular flexibility index (Phi) is 4.93. The molecule has 0 aliphatic rings. The first-order valence-electron chi connectivity index (χ1n) is 6.58. The van der Waals surface area contributed by atoms with E-state index in [0.717, 1.165) is 22.0 Å². The van der Waals surface area contributed by atoms with E-state index in [9.17, 15) is 0 Å². The van der Waals surface area contributed by atoms with Crippen molar-refractivity contribution in [3.63, 3.8) is 0 Å². The first-order chi connectivity index (χ1) is 10.6. The molecule has 0 amide bonds. The summed E-state index contributed by atoms with van der Waals surface area (Å²) in [6.07, 6.45) is 0. The van der Waals surface area contributed by atoms with Gasteiger partial charge in [-0.3, -0.25) is 4.99 Å². The summed E-state index contributed by atoms with van der Waals surface area (Å²) in [5, 5.41) is 6.23. The molecule has 22 heavy (non-hydrogen) atoms. The van der Waals surface area contributed by atoms with Gasteiger partial charge in [0, 0.05) is 11.1 Å². The van der Waals surface area contributed by atoms with Crippen LogP contribution in [0.25, 0.3) is 10.6 Å². The average Bonchev–Trinajstić information content (AvgIpc) is 3.18. The van der Waals surface area contributed by atoms with E-state index < -0.39 is 0 Å². The number of nitrogens with zero attached hydrogens (tertiary/aromatic N) is 2. The van der Waals surface area contributed by atoms with Crippen molar-refractivity contribution in [2.75, 3.05) is 0 Å². The van der Waals surface area contributed by atoms with E-state index in [1.165, 1.54) is 4.88 Å². The Morgan fingerprint density at radius 3 is 2.77 bits per heavy atom. The Balaban J connectivity index is 1.74. The highest BCUT2D eigenvalue weighted by Crippen LogP contribution is 2.26. The third kappa shape index (κ3) is 3.58. The molecule has 0 radical (unpaired) electrons. The SMILES string of the molecule is CC(=NCc1nc(-c2cccs2)cs1)c1ccc(Cl)c(Cl)c1. The summed E-state index contributed by atoms with van der Waals surface area (Å²) >= 11 is 15.3. The fraction of sp³-hybridized carbons (Fsp3) is 0.125. The Morgan fingerprint density at radius 1 is 1.18 bits per heavy atom. The van der Waals surface area contributed by atoms with Gasteiger partial charge in [-0.2, -0.15) is 0 Å². The molecule has 0 aliphatic heterocycles. The molecule has 6 heteroatoms. The van der Waals surface area contributed by atoms with E-state index in [1.807, 2.05) is 25.1 Å². The molecule has 2 aromatic heterocycles. The highest BCUT2D eigenvalue weighted by molar-refractivity contribution is 7.14. The van der Waals surface area contributed by atoms with E-state index >= 15 is 0 Å². The molecule has 0 saturated carbocycles. The Bertz CT molecular complexity index is 807. The second kappa shape index (κ2) is 6.92. The van der Waals surface area contributed by atoms with Gasteiger partial charge in [0.1, 0.15) is 5.01 Å². The molecule has 0 fully saturated rings. The molecule has 0 unspecified atom stereocenters. The molecule has 1 aromatic carbocycles. The number of thiazole rings is 1. The number of hydrogen-bond acceptors (Lipinski definition) is 4. The lowest BCUT2D eigenvalue weighted by Crippen LogP contribution is -1.96. The number of rotatable bonds is 4. The van der Waals surface area contributed by atoms with Crippen molar-refractivity contribution in [1.82, 2.24) is 4.98 Å². The largest absolute Gasteiger partial charge is 0.282 e. The second-order valence-electron chi connectivity index (χ2n) is 4.63. The Labute approximate surface area is 147 Å². The minimum atomic E-state index is 0.544. The molecule has 2 nitrogen and oxygen atoms in total. The zero-order chi connectivity index (χ0) is 15.5. The topological polar surface area (TPSA) is 25.2 Å². The number of thiophene rings is 1. The number of aromatic nitrogens is 1. The molecule has 0 spiro atoms. The lowest BCUT2D eigenvalue weighted by molar-refractivity contribution is 1.04. The lowest BCUT2D eigenvalue weighted by atomic mass is 10.1. The first-order valence-corrected chi connectivity index (χ1v) is 9.10. The summed E-state index contributed by atoms with van der Waals surface area (Å²) in [7, 11) is 0. The summed E-state index contributed by atoms with van der Waals surface area (Å²) in [6, 6.07) is 9.66. The van der Waals surface area contributed by atoms with Gasteiger partial charge in [0.25, 0.3) is 0 Å². The minimum Gasteiger partial charge on any atom is -0.282 e. The molecule has 0 bridgehead atoms. The van der Waals surface area contributed by atoms with Crippen molar-refractivity contribution < 1.29 is 0 Å². The van der Waals surface area contributed by atoms with Crippen LogP contribution in [0.1, 0.15) is 17.5 Å². The standard InChI is InChI=1S/C16H12Cl2N2S2/c1-10(11-4-5-12(17)13(18)7-11)19-8-16-20-14(9-22-16)15-3-2-6-21-15/h2-7,9H,8H2,1H3. The molecular weight excluding hydrogens is 355 g/mol. The van der Waals surface area contributed by atoms with Gasteiger partial charge in [0.05, 0.1) is 27.2 Å². The highest BCUT2D eigenvalue weighted by atomic mass is 35.5. The summed E-state index contributed by atoms with van der Waals surface area (Å²) in [6.45, 7) is 2.54. The monoisotopic (exact) mass is 366 g/mol. The molecule has 3 rings (SSSR count). The van der Waals surface area contributed by atoms with Gasteiger partial charge in [-0.25, -0.2) is 4.98 Å². The molecule has 0 atom stereocenters. The smallest absolute Gasteiger partial charge is 0.115 e. The predicted molar refractivity (Wildman–Crippen MR) is 97.8 cm³/mol. The summed E-state index contributed by atoms with van der Waals surface area (Å²) < 4.78 is 0. The zero-order valence-corrected chi connectivity index (χ0v) is 14.9. The third-order valence-corrected chi connectivity index (χ3v) is 5.58. The van der Waals surface area contributed by atoms with E-state index in [1.54, 1.807) is 28.7 Å². The first kappa shape index (κ1) is 15.7. The van der Waals surface area contributed by atoms with E-state index in [-0.39, 0.29) is 0 Å². The van der Waals surface area contributed by atoms with Crippen molar-refractivity contribution in [3.05, 3.63) is 61.7 Å². The van der Waals surface area contributed by atoms with Gasteiger partial charge >= 0.3 is 0 Å². The minimum absolute atomic E-state index is 0.544. The van der Waals surface area contributed by atoms with Crippen LogP contribution in [0, 0.1) is 0 Å². The average molecular weight is 367 g/mol. The van der Waals surface area contributed by atoms with Gasteiger partial charge < -0.3 is 0 Å². The van der Waals surface area contributed by atoms with Crippen molar-refractivity contribution in [3.8, 4) is 10.6 Å². The van der Waals surface area contributed by atoms with Gasteiger partial charge in [-0.1, -0.05) is 35.3 Å². The van der Waals surface area contributed by atoms with Crippen LogP contribution in [0.2, 0.25) is 10.0 Å². The van der Waals surface area contributed by atoms with Crippen LogP contribution in [-0.2, 0) is 6.54 Å². The molecule has 2 heterocycles. The van der Waals surface area contributed by atoms with E-state index in [0.29, 0.717) is 16.6 Å². The van der Waals surface area contributed by atoms with Crippen LogP contribution in [-0.4, -0.2) is 10.7 Å². The van der Waals surface area contributed by atoms with Crippen LogP contribution >= 0.6 is 45.9 Å². The van der Waals surface area contributed by atoms with Crippen molar-refractivity contribution in [2.24, 2.45) is 4.99 Å². The zero-order valence-electron chi connectivity index (χ0n) is 11.7. The normalized spacial score (nSPS) is 11.9. The van der Waals surface area contributed by atoms with Crippen molar-refractivity contribution in [1.29, 1.82) is 0 Å². The molecule has 0 N–H and O–H groups in total. The highest BCUT2D eigenvalue weighted by Gasteiger charge is 2.06. The fourth-order valence-corrected chi connectivity index (χ4v) is 3.70. The maximum Gasteiger partial charge on any atom is 0.115 e. The Hall–Kier alpha value is -1.20. The molecule has 112 valence electrons. The van der Waals surface area contributed by atoms with Gasteiger partial charge in [0.2, 0.25) is 0 Å². The maximum atomic E-state index is 6.04. The van der Waals surface area contributed by atoms with Gasteiger partial charge in [0.15, 0.2) is 0 Å². The Morgan fingerprint density at radius 2 is 2.05 bits per heavy atom. The molecule has 0 saturated heterocycles. The van der Waals surface area contributed by atoms with Crippen LogP contribution in [0.4, 0.5) is 0 Å². The van der Waals surface area contributed by atoms with Crippen molar-refractivity contribution in [2.45, 2.75) is 13.5 Å². The van der Waals surface area contributed by atoms with Gasteiger partial charge in [-0.15, -0.1) is 22.7 Å². The molecular formula is C16H12Cl2N2S2.